The summed E-state index contributed by atoms with van der Waals surface area (Å²) in [4.78, 5) is 1.21. The zero-order valence-corrected chi connectivity index (χ0v) is 9.68. The quantitative estimate of drug-likeness (QED) is 0.868. The molecule has 3 heteroatoms. The number of hydrogen-bond acceptors (Lipinski definition) is 2. The zero-order valence-electron chi connectivity index (χ0n) is 8.11. The minimum absolute atomic E-state index is 0.111. The third-order valence-electron chi connectivity index (χ3n) is 2.26. The third-order valence-corrected chi connectivity index (χ3v) is 3.46. The molecule has 0 aliphatic rings. The van der Waals surface area contributed by atoms with E-state index in [9.17, 15) is 0 Å². The highest BCUT2D eigenvalue weighted by Crippen LogP contribution is 2.22. The maximum Gasteiger partial charge on any atom is 0.0692 e. The Hall–Kier alpha value is -0.830. The lowest BCUT2D eigenvalue weighted by Crippen LogP contribution is -1.90. The summed E-state index contributed by atoms with van der Waals surface area (Å²) in [6.45, 7) is 0.111. The maximum absolute atomic E-state index is 9.12. The Morgan fingerprint density at radius 1 is 1.27 bits per heavy atom. The minimum atomic E-state index is 0.111. The molecule has 0 bridgehead atoms. The van der Waals surface area contributed by atoms with Gasteiger partial charge >= 0.3 is 0 Å². The van der Waals surface area contributed by atoms with Crippen molar-refractivity contribution in [1.29, 1.82) is 0 Å². The van der Waals surface area contributed by atoms with E-state index in [2.05, 4.69) is 0 Å². The van der Waals surface area contributed by atoms with E-state index in [0.717, 1.165) is 17.0 Å². The Balaban J connectivity index is 2.22. The molecule has 1 N–H and O–H groups in total. The van der Waals surface area contributed by atoms with Crippen molar-refractivity contribution < 1.29 is 5.11 Å². The zero-order chi connectivity index (χ0) is 10.7. The van der Waals surface area contributed by atoms with E-state index >= 15 is 0 Å². The molecule has 0 unspecified atom stereocenters. The van der Waals surface area contributed by atoms with Crippen LogP contribution >= 0.6 is 22.9 Å². The van der Waals surface area contributed by atoms with Crippen molar-refractivity contribution in [2.24, 2.45) is 0 Å². The number of aliphatic hydroxyl groups is 1. The first kappa shape index (κ1) is 10.7. The molecule has 0 fully saturated rings. The van der Waals surface area contributed by atoms with Crippen LogP contribution in [0.4, 0.5) is 0 Å². The van der Waals surface area contributed by atoms with Crippen LogP contribution in [0.1, 0.15) is 16.0 Å². The molecule has 15 heavy (non-hydrogen) atoms. The van der Waals surface area contributed by atoms with Gasteiger partial charge in [-0.15, -0.1) is 11.3 Å². The van der Waals surface area contributed by atoms with Gasteiger partial charge in [-0.1, -0.05) is 23.7 Å². The van der Waals surface area contributed by atoms with Gasteiger partial charge in [-0.05, 0) is 34.7 Å². The fourth-order valence-corrected chi connectivity index (χ4v) is 2.64. The van der Waals surface area contributed by atoms with Crippen LogP contribution in [0.25, 0.3) is 0 Å². The van der Waals surface area contributed by atoms with Crippen molar-refractivity contribution in [1.82, 2.24) is 0 Å². The molecule has 0 aliphatic carbocycles. The Morgan fingerprint density at radius 2 is 2.13 bits per heavy atom. The molecule has 78 valence electrons. The monoisotopic (exact) mass is 238 g/mol. The summed E-state index contributed by atoms with van der Waals surface area (Å²) in [5.74, 6) is 0. The van der Waals surface area contributed by atoms with Crippen molar-refractivity contribution in [3.05, 3.63) is 56.7 Å². The van der Waals surface area contributed by atoms with Crippen molar-refractivity contribution in [3.8, 4) is 0 Å². The minimum Gasteiger partial charge on any atom is -0.392 e. The number of halogens is 1. The number of benzene rings is 1. The molecule has 1 aromatic carbocycles. The summed E-state index contributed by atoms with van der Waals surface area (Å²) >= 11 is 7.58. The highest BCUT2D eigenvalue weighted by Gasteiger charge is 2.04. The lowest BCUT2D eigenvalue weighted by atomic mass is 10.1. The predicted octanol–water partition coefficient (Wildman–Crippen LogP) is 3.48. The van der Waals surface area contributed by atoms with Gasteiger partial charge < -0.3 is 5.11 Å². The van der Waals surface area contributed by atoms with Crippen LogP contribution in [-0.4, -0.2) is 5.11 Å². The van der Waals surface area contributed by atoms with E-state index < -0.39 is 0 Å². The van der Waals surface area contributed by atoms with E-state index in [1.807, 2.05) is 35.7 Å². The van der Waals surface area contributed by atoms with Crippen LogP contribution in [0.15, 0.2) is 35.7 Å². The van der Waals surface area contributed by atoms with E-state index in [1.54, 1.807) is 11.3 Å². The first-order chi connectivity index (χ1) is 7.29. The van der Waals surface area contributed by atoms with Crippen LogP contribution in [0.3, 0.4) is 0 Å². The van der Waals surface area contributed by atoms with Gasteiger partial charge in [0.2, 0.25) is 0 Å². The first-order valence-corrected chi connectivity index (χ1v) is 5.96. The van der Waals surface area contributed by atoms with E-state index in [-0.39, 0.29) is 6.61 Å². The predicted molar refractivity (Wildman–Crippen MR) is 64.5 cm³/mol. The summed E-state index contributed by atoms with van der Waals surface area (Å²) in [7, 11) is 0. The standard InChI is InChI=1S/C12H11ClOS/c13-11-3-1-2-9(6-11)7-12-10(8-14)4-5-15-12/h1-6,14H,7-8H2. The van der Waals surface area contributed by atoms with Crippen LogP contribution in [0.5, 0.6) is 0 Å². The van der Waals surface area contributed by atoms with Gasteiger partial charge in [0.25, 0.3) is 0 Å². The molecular weight excluding hydrogens is 228 g/mol. The second kappa shape index (κ2) is 4.79. The average molecular weight is 239 g/mol. The number of aliphatic hydroxyl groups excluding tert-OH is 1. The van der Waals surface area contributed by atoms with Gasteiger partial charge in [0.1, 0.15) is 0 Å². The fourth-order valence-electron chi connectivity index (χ4n) is 1.50. The SMILES string of the molecule is OCc1ccsc1Cc1cccc(Cl)c1. The van der Waals surface area contributed by atoms with Crippen molar-refractivity contribution >= 4 is 22.9 Å². The van der Waals surface area contributed by atoms with Gasteiger partial charge in [0.05, 0.1) is 6.61 Å². The van der Waals surface area contributed by atoms with Crippen LogP contribution in [0, 0.1) is 0 Å². The molecule has 1 nitrogen and oxygen atoms in total. The van der Waals surface area contributed by atoms with E-state index in [0.29, 0.717) is 0 Å². The summed E-state index contributed by atoms with van der Waals surface area (Å²) in [5.41, 5.74) is 2.19. The van der Waals surface area contributed by atoms with Crippen LogP contribution in [0.2, 0.25) is 5.02 Å². The van der Waals surface area contributed by atoms with Gasteiger partial charge in [-0.2, -0.15) is 0 Å². The third kappa shape index (κ3) is 2.59. The van der Waals surface area contributed by atoms with E-state index in [4.69, 9.17) is 16.7 Å². The van der Waals surface area contributed by atoms with Crippen molar-refractivity contribution in [2.75, 3.05) is 0 Å². The van der Waals surface area contributed by atoms with Crippen molar-refractivity contribution in [2.45, 2.75) is 13.0 Å². The molecule has 1 heterocycles. The highest BCUT2D eigenvalue weighted by molar-refractivity contribution is 7.10. The van der Waals surface area contributed by atoms with Gasteiger partial charge in [0.15, 0.2) is 0 Å². The Labute approximate surface area is 98.0 Å². The molecule has 0 atom stereocenters. The molecule has 0 radical (unpaired) electrons. The lowest BCUT2D eigenvalue weighted by Gasteiger charge is -2.02. The summed E-state index contributed by atoms with van der Waals surface area (Å²) in [6.07, 6.45) is 0.841. The second-order valence-corrected chi connectivity index (χ2v) is 4.77. The molecule has 2 aromatic rings. The Bertz CT molecular complexity index is 450. The molecule has 0 aliphatic heterocycles. The molecule has 1 aromatic heterocycles. The largest absolute Gasteiger partial charge is 0.392 e. The molecular formula is C12H11ClOS. The average Bonchev–Trinajstić information content (AvgIpc) is 2.65. The summed E-state index contributed by atoms with van der Waals surface area (Å²) in [5, 5.41) is 11.9. The van der Waals surface area contributed by atoms with E-state index in [1.165, 1.54) is 10.4 Å². The fraction of sp³-hybridized carbons (Fsp3) is 0.167. The summed E-state index contributed by atoms with van der Waals surface area (Å²) in [6, 6.07) is 9.79. The van der Waals surface area contributed by atoms with Crippen LogP contribution in [-0.2, 0) is 13.0 Å². The maximum atomic E-state index is 9.12. The molecule has 2 rings (SSSR count). The topological polar surface area (TPSA) is 20.2 Å². The molecule has 0 amide bonds. The normalized spacial score (nSPS) is 10.5. The van der Waals surface area contributed by atoms with Gasteiger partial charge in [-0.25, -0.2) is 0 Å². The molecule has 0 saturated heterocycles. The lowest BCUT2D eigenvalue weighted by molar-refractivity contribution is 0.281. The highest BCUT2D eigenvalue weighted by atomic mass is 35.5. The second-order valence-electron chi connectivity index (χ2n) is 3.33. The summed E-state index contributed by atoms with van der Waals surface area (Å²) < 4.78 is 0. The number of rotatable bonds is 3. The smallest absolute Gasteiger partial charge is 0.0692 e. The number of hydrogen-bond donors (Lipinski definition) is 1. The van der Waals surface area contributed by atoms with Crippen LogP contribution < -0.4 is 0 Å². The Kier molecular flexibility index (Phi) is 3.41. The Morgan fingerprint density at radius 3 is 2.87 bits per heavy atom. The van der Waals surface area contributed by atoms with Crippen molar-refractivity contribution in [3.63, 3.8) is 0 Å². The van der Waals surface area contributed by atoms with Gasteiger partial charge in [-0.3, -0.25) is 0 Å². The first-order valence-electron chi connectivity index (χ1n) is 4.70. The molecule has 0 spiro atoms. The van der Waals surface area contributed by atoms with Gasteiger partial charge in [0, 0.05) is 16.3 Å². The molecule has 0 saturated carbocycles. The number of thiophene rings is 1.